The zero-order valence-corrected chi connectivity index (χ0v) is 10.5. The number of ketones is 1. The fourth-order valence-corrected chi connectivity index (χ4v) is 2.98. The predicted octanol–water partition coefficient (Wildman–Crippen LogP) is 1.86. The topological polar surface area (TPSA) is 52.3 Å². The molecule has 3 heteroatoms. The first-order valence-electron chi connectivity index (χ1n) is 6.79. The summed E-state index contributed by atoms with van der Waals surface area (Å²) in [4.78, 5) is 12.3. The summed E-state index contributed by atoms with van der Waals surface area (Å²) in [6, 6.07) is 6.11. The molecule has 1 fully saturated rings. The van der Waals surface area contributed by atoms with Crippen molar-refractivity contribution in [2.75, 3.05) is 6.54 Å². The second-order valence-corrected chi connectivity index (χ2v) is 5.26. The molecule has 0 spiro atoms. The molecule has 1 aromatic carbocycles. The third-order valence-corrected chi connectivity index (χ3v) is 4.05. The predicted molar refractivity (Wildman–Crippen MR) is 69.7 cm³/mol. The van der Waals surface area contributed by atoms with E-state index in [1.54, 1.807) is 0 Å². The van der Waals surface area contributed by atoms with Gasteiger partial charge in [-0.25, -0.2) is 0 Å². The lowest BCUT2D eigenvalue weighted by Crippen LogP contribution is -2.25. The van der Waals surface area contributed by atoms with Crippen LogP contribution in [0.4, 0.5) is 0 Å². The highest BCUT2D eigenvalue weighted by molar-refractivity contribution is 5.99. The van der Waals surface area contributed by atoms with Crippen LogP contribution in [0, 0.1) is 0 Å². The molecule has 0 bridgehead atoms. The van der Waals surface area contributed by atoms with Crippen LogP contribution in [0.1, 0.15) is 40.7 Å². The number of hydrogen-bond acceptors (Lipinski definition) is 3. The van der Waals surface area contributed by atoms with Gasteiger partial charge in [0.25, 0.3) is 0 Å². The summed E-state index contributed by atoms with van der Waals surface area (Å²) in [5.41, 5.74) is 9.12. The number of rotatable bonds is 3. The smallest absolute Gasteiger partial charge is 0.191 e. The molecule has 2 atom stereocenters. The van der Waals surface area contributed by atoms with Gasteiger partial charge < -0.3 is 10.5 Å². The van der Waals surface area contributed by atoms with Crippen LogP contribution in [0.25, 0.3) is 0 Å². The van der Waals surface area contributed by atoms with Crippen LogP contribution in [0.3, 0.4) is 0 Å². The van der Waals surface area contributed by atoms with E-state index in [-0.39, 0.29) is 18.0 Å². The molecule has 1 saturated heterocycles. The molecule has 0 amide bonds. The van der Waals surface area contributed by atoms with E-state index in [4.69, 9.17) is 10.5 Å². The summed E-state index contributed by atoms with van der Waals surface area (Å²) in [7, 11) is 0. The number of fused-ring (bicyclic) bond motifs is 1. The SMILES string of the molecule is NCC1CCC(C(=O)c2ccc3c(c2)CCC3)O1. The van der Waals surface area contributed by atoms with E-state index in [1.165, 1.54) is 17.5 Å². The van der Waals surface area contributed by atoms with Crippen molar-refractivity contribution < 1.29 is 9.53 Å². The zero-order chi connectivity index (χ0) is 12.5. The molecule has 1 heterocycles. The maximum absolute atomic E-state index is 12.3. The molecule has 0 saturated carbocycles. The Labute approximate surface area is 107 Å². The number of carbonyl (C=O) groups is 1. The average Bonchev–Trinajstić information content (AvgIpc) is 3.05. The molecule has 2 N–H and O–H groups in total. The Kier molecular flexibility index (Phi) is 3.18. The Bertz CT molecular complexity index is 470. The Morgan fingerprint density at radius 3 is 2.89 bits per heavy atom. The van der Waals surface area contributed by atoms with Gasteiger partial charge in [-0.2, -0.15) is 0 Å². The second-order valence-electron chi connectivity index (χ2n) is 5.26. The number of benzene rings is 1. The first kappa shape index (κ1) is 11.9. The standard InChI is InChI=1S/C15H19NO2/c16-9-13-6-7-14(18-13)15(17)12-5-4-10-2-1-3-11(10)8-12/h4-5,8,13-14H,1-3,6-7,9,16H2. The number of carbonyl (C=O) groups excluding carboxylic acids is 1. The molecule has 2 unspecified atom stereocenters. The van der Waals surface area contributed by atoms with Crippen LogP contribution in [-0.4, -0.2) is 24.5 Å². The minimum Gasteiger partial charge on any atom is -0.366 e. The quantitative estimate of drug-likeness (QED) is 0.827. The van der Waals surface area contributed by atoms with Crippen molar-refractivity contribution >= 4 is 5.78 Å². The van der Waals surface area contributed by atoms with Crippen molar-refractivity contribution in [2.45, 2.75) is 44.3 Å². The monoisotopic (exact) mass is 245 g/mol. The van der Waals surface area contributed by atoms with Crippen molar-refractivity contribution in [1.29, 1.82) is 0 Å². The van der Waals surface area contributed by atoms with Crippen molar-refractivity contribution in [2.24, 2.45) is 5.73 Å². The number of ether oxygens (including phenoxy) is 1. The second kappa shape index (κ2) is 4.82. The minimum absolute atomic E-state index is 0.0633. The molecular formula is C15H19NO2. The Hall–Kier alpha value is -1.19. The molecule has 3 rings (SSSR count). The van der Waals surface area contributed by atoms with Gasteiger partial charge in [0.15, 0.2) is 5.78 Å². The fourth-order valence-electron chi connectivity index (χ4n) is 2.98. The van der Waals surface area contributed by atoms with E-state index < -0.39 is 0 Å². The molecule has 96 valence electrons. The van der Waals surface area contributed by atoms with Gasteiger partial charge in [-0.3, -0.25) is 4.79 Å². The number of Topliss-reactive ketones (excluding diaryl/α,β-unsaturated/α-hetero) is 1. The van der Waals surface area contributed by atoms with Crippen LogP contribution in [0.5, 0.6) is 0 Å². The zero-order valence-electron chi connectivity index (χ0n) is 10.5. The minimum atomic E-state index is -0.280. The van der Waals surface area contributed by atoms with Gasteiger partial charge in [-0.05, 0) is 49.3 Å². The summed E-state index contributed by atoms with van der Waals surface area (Å²) in [5, 5.41) is 0. The summed E-state index contributed by atoms with van der Waals surface area (Å²) in [6.45, 7) is 0.508. The first-order valence-corrected chi connectivity index (χ1v) is 6.79. The van der Waals surface area contributed by atoms with E-state index in [9.17, 15) is 4.79 Å². The summed E-state index contributed by atoms with van der Waals surface area (Å²) >= 11 is 0. The fraction of sp³-hybridized carbons (Fsp3) is 0.533. The molecule has 3 nitrogen and oxygen atoms in total. The van der Waals surface area contributed by atoms with Crippen LogP contribution < -0.4 is 5.73 Å². The maximum Gasteiger partial charge on any atom is 0.191 e. The highest BCUT2D eigenvalue weighted by atomic mass is 16.5. The van der Waals surface area contributed by atoms with E-state index in [0.29, 0.717) is 6.54 Å². The van der Waals surface area contributed by atoms with E-state index in [2.05, 4.69) is 12.1 Å². The van der Waals surface area contributed by atoms with Crippen molar-refractivity contribution in [1.82, 2.24) is 0 Å². The molecule has 1 aliphatic carbocycles. The summed E-state index contributed by atoms with van der Waals surface area (Å²) in [6.07, 6.45) is 4.95. The summed E-state index contributed by atoms with van der Waals surface area (Å²) < 4.78 is 5.67. The maximum atomic E-state index is 12.3. The lowest BCUT2D eigenvalue weighted by atomic mass is 9.99. The van der Waals surface area contributed by atoms with E-state index in [0.717, 1.165) is 31.2 Å². The molecular weight excluding hydrogens is 226 g/mol. The number of aryl methyl sites for hydroxylation is 2. The lowest BCUT2D eigenvalue weighted by molar-refractivity contribution is 0.0404. The summed E-state index contributed by atoms with van der Waals surface area (Å²) in [5.74, 6) is 0.126. The van der Waals surface area contributed by atoms with Gasteiger partial charge in [0, 0.05) is 12.1 Å². The highest BCUT2D eigenvalue weighted by Crippen LogP contribution is 2.26. The van der Waals surface area contributed by atoms with Gasteiger partial charge in [0.1, 0.15) is 6.10 Å². The van der Waals surface area contributed by atoms with Gasteiger partial charge in [0.05, 0.1) is 6.10 Å². The van der Waals surface area contributed by atoms with Crippen LogP contribution in [0.2, 0.25) is 0 Å². The molecule has 0 radical (unpaired) electrons. The van der Waals surface area contributed by atoms with Gasteiger partial charge >= 0.3 is 0 Å². The molecule has 1 aromatic rings. The van der Waals surface area contributed by atoms with Crippen molar-refractivity contribution in [3.05, 3.63) is 34.9 Å². The number of hydrogen-bond donors (Lipinski definition) is 1. The van der Waals surface area contributed by atoms with Crippen molar-refractivity contribution in [3.8, 4) is 0 Å². The molecule has 1 aliphatic heterocycles. The van der Waals surface area contributed by atoms with Gasteiger partial charge in [0.2, 0.25) is 0 Å². The molecule has 18 heavy (non-hydrogen) atoms. The van der Waals surface area contributed by atoms with Crippen LogP contribution in [-0.2, 0) is 17.6 Å². The largest absolute Gasteiger partial charge is 0.366 e. The van der Waals surface area contributed by atoms with Crippen LogP contribution in [0.15, 0.2) is 18.2 Å². The van der Waals surface area contributed by atoms with Gasteiger partial charge in [-0.1, -0.05) is 12.1 Å². The number of nitrogens with two attached hydrogens (primary N) is 1. The van der Waals surface area contributed by atoms with Gasteiger partial charge in [-0.15, -0.1) is 0 Å². The first-order chi connectivity index (χ1) is 8.78. The Morgan fingerprint density at radius 1 is 1.28 bits per heavy atom. The van der Waals surface area contributed by atoms with Crippen molar-refractivity contribution in [3.63, 3.8) is 0 Å². The third kappa shape index (κ3) is 2.08. The highest BCUT2D eigenvalue weighted by Gasteiger charge is 2.30. The van der Waals surface area contributed by atoms with E-state index >= 15 is 0 Å². The lowest BCUT2D eigenvalue weighted by Gasteiger charge is -2.12. The average molecular weight is 245 g/mol. The molecule has 2 aliphatic rings. The third-order valence-electron chi connectivity index (χ3n) is 4.05. The molecule has 0 aromatic heterocycles. The normalized spacial score (nSPS) is 26.3. The van der Waals surface area contributed by atoms with E-state index in [1.807, 2.05) is 6.07 Å². The Balaban J connectivity index is 1.77. The Morgan fingerprint density at radius 2 is 2.11 bits per heavy atom. The van der Waals surface area contributed by atoms with Crippen LogP contribution >= 0.6 is 0 Å².